The number of hydrogen-bond donors (Lipinski definition) is 4. The molecule has 5 N–H and O–H groups in total. The zero-order chi connectivity index (χ0) is 16.1. The first-order valence-electron chi connectivity index (χ1n) is 7.93. The summed E-state index contributed by atoms with van der Waals surface area (Å²) in [5, 5.41) is 8.69. The van der Waals surface area contributed by atoms with E-state index in [0.29, 0.717) is 24.8 Å². The highest BCUT2D eigenvalue weighted by Gasteiger charge is 2.65. The number of primary amides is 1. The number of carbonyl (C=O) groups is 3. The predicted molar refractivity (Wildman–Crippen MR) is 79.4 cm³/mol. The molecule has 22 heavy (non-hydrogen) atoms. The van der Waals surface area contributed by atoms with Crippen molar-refractivity contribution >= 4 is 17.7 Å². The molecule has 5 atom stereocenters. The van der Waals surface area contributed by atoms with Gasteiger partial charge in [0.15, 0.2) is 0 Å². The molecule has 0 radical (unpaired) electrons. The standard InChI is InChI=1S/C15H24N4O3/c1-15(2)8-6-18-11(10(8)15)14(22)19-9(12(16)20)5-7-3-4-17-13(7)21/h7-11,18H,3-6H2,1-2H3,(H2,16,20)(H,17,21)(H,19,22)/t7-,8?,9-,10?,11?/m0/s1. The lowest BCUT2D eigenvalue weighted by molar-refractivity contribution is -0.130. The summed E-state index contributed by atoms with van der Waals surface area (Å²) in [6, 6.07) is -1.05. The van der Waals surface area contributed by atoms with Crippen molar-refractivity contribution in [2.75, 3.05) is 13.1 Å². The van der Waals surface area contributed by atoms with Gasteiger partial charge in [-0.2, -0.15) is 0 Å². The van der Waals surface area contributed by atoms with Gasteiger partial charge in [0.1, 0.15) is 6.04 Å². The zero-order valence-electron chi connectivity index (χ0n) is 13.0. The van der Waals surface area contributed by atoms with E-state index in [4.69, 9.17) is 5.73 Å². The Morgan fingerprint density at radius 2 is 2.18 bits per heavy atom. The summed E-state index contributed by atoms with van der Waals surface area (Å²) in [5.74, 6) is -0.244. The lowest BCUT2D eigenvalue weighted by atomic mass is 9.97. The van der Waals surface area contributed by atoms with E-state index in [0.717, 1.165) is 6.54 Å². The van der Waals surface area contributed by atoms with Crippen molar-refractivity contribution < 1.29 is 14.4 Å². The van der Waals surface area contributed by atoms with E-state index in [-0.39, 0.29) is 35.6 Å². The number of fused-ring (bicyclic) bond motifs is 1. The van der Waals surface area contributed by atoms with E-state index >= 15 is 0 Å². The van der Waals surface area contributed by atoms with Crippen LogP contribution < -0.4 is 21.7 Å². The molecule has 3 amide bonds. The second kappa shape index (κ2) is 5.22. The Morgan fingerprint density at radius 1 is 1.45 bits per heavy atom. The van der Waals surface area contributed by atoms with Gasteiger partial charge in [-0.1, -0.05) is 13.8 Å². The summed E-state index contributed by atoms with van der Waals surface area (Å²) in [6.07, 6.45) is 0.953. The molecule has 0 aromatic rings. The molecule has 1 aliphatic carbocycles. The van der Waals surface area contributed by atoms with Crippen LogP contribution in [0.1, 0.15) is 26.7 Å². The van der Waals surface area contributed by atoms with Crippen LogP contribution in [0.3, 0.4) is 0 Å². The van der Waals surface area contributed by atoms with Crippen LogP contribution in [-0.2, 0) is 14.4 Å². The molecule has 2 aliphatic heterocycles. The van der Waals surface area contributed by atoms with Crippen LogP contribution in [0.25, 0.3) is 0 Å². The monoisotopic (exact) mass is 308 g/mol. The lowest BCUT2D eigenvalue weighted by Gasteiger charge is -2.23. The van der Waals surface area contributed by atoms with E-state index in [1.54, 1.807) is 0 Å². The maximum Gasteiger partial charge on any atom is 0.240 e. The third kappa shape index (κ3) is 2.47. The fourth-order valence-electron chi connectivity index (χ4n) is 4.14. The van der Waals surface area contributed by atoms with Crippen molar-refractivity contribution in [1.29, 1.82) is 0 Å². The average molecular weight is 308 g/mol. The normalized spacial score (nSPS) is 36.4. The number of hydrogen-bond acceptors (Lipinski definition) is 4. The molecular formula is C15H24N4O3. The van der Waals surface area contributed by atoms with Crippen LogP contribution in [0.5, 0.6) is 0 Å². The molecule has 3 fully saturated rings. The minimum atomic E-state index is -0.788. The Morgan fingerprint density at radius 3 is 2.68 bits per heavy atom. The Bertz CT molecular complexity index is 519. The molecule has 0 spiro atoms. The third-order valence-electron chi connectivity index (χ3n) is 5.68. The van der Waals surface area contributed by atoms with Gasteiger partial charge >= 0.3 is 0 Å². The second-order valence-corrected chi connectivity index (χ2v) is 7.32. The van der Waals surface area contributed by atoms with E-state index in [2.05, 4.69) is 29.8 Å². The average Bonchev–Trinajstić information content (AvgIpc) is 2.85. The highest BCUT2D eigenvalue weighted by atomic mass is 16.2. The smallest absolute Gasteiger partial charge is 0.240 e. The van der Waals surface area contributed by atoms with Crippen LogP contribution in [0.15, 0.2) is 0 Å². The summed E-state index contributed by atoms with van der Waals surface area (Å²) in [5.41, 5.74) is 5.58. The summed E-state index contributed by atoms with van der Waals surface area (Å²) in [7, 11) is 0. The Balaban J connectivity index is 1.60. The Kier molecular flexibility index (Phi) is 3.63. The van der Waals surface area contributed by atoms with Gasteiger partial charge in [-0.05, 0) is 36.6 Å². The van der Waals surface area contributed by atoms with Crippen LogP contribution in [0, 0.1) is 23.2 Å². The molecule has 7 heteroatoms. The molecule has 3 rings (SSSR count). The van der Waals surface area contributed by atoms with Crippen LogP contribution in [0.2, 0.25) is 0 Å². The van der Waals surface area contributed by atoms with Gasteiger partial charge in [0.25, 0.3) is 0 Å². The molecule has 3 aliphatic rings. The topological polar surface area (TPSA) is 113 Å². The van der Waals surface area contributed by atoms with Gasteiger partial charge in [-0.3, -0.25) is 14.4 Å². The largest absolute Gasteiger partial charge is 0.368 e. The van der Waals surface area contributed by atoms with Gasteiger partial charge < -0.3 is 21.7 Å². The number of nitrogens with one attached hydrogen (secondary N) is 3. The van der Waals surface area contributed by atoms with E-state index < -0.39 is 11.9 Å². The zero-order valence-corrected chi connectivity index (χ0v) is 13.0. The van der Waals surface area contributed by atoms with Gasteiger partial charge in [0.05, 0.1) is 6.04 Å². The maximum atomic E-state index is 12.5. The predicted octanol–water partition coefficient (Wildman–Crippen LogP) is -1.27. The Labute approximate surface area is 129 Å². The number of piperidine rings is 1. The summed E-state index contributed by atoms with van der Waals surface area (Å²) in [4.78, 5) is 35.7. The molecule has 0 bridgehead atoms. The quantitative estimate of drug-likeness (QED) is 0.507. The van der Waals surface area contributed by atoms with E-state index in [1.165, 1.54) is 0 Å². The van der Waals surface area contributed by atoms with Gasteiger partial charge in [0.2, 0.25) is 17.7 Å². The SMILES string of the molecule is CC1(C)C2CNC(C(=O)N[C@@H](C[C@@H]3CCNC3=O)C(N)=O)C21. The molecule has 0 aromatic carbocycles. The second-order valence-electron chi connectivity index (χ2n) is 7.32. The summed E-state index contributed by atoms with van der Waals surface area (Å²) < 4.78 is 0. The van der Waals surface area contributed by atoms with E-state index in [1.807, 2.05) is 0 Å². The molecule has 122 valence electrons. The maximum absolute atomic E-state index is 12.5. The molecule has 7 nitrogen and oxygen atoms in total. The summed E-state index contributed by atoms with van der Waals surface area (Å²) >= 11 is 0. The first kappa shape index (κ1) is 15.3. The minimum absolute atomic E-state index is 0.0668. The van der Waals surface area contributed by atoms with Crippen LogP contribution in [-0.4, -0.2) is 42.9 Å². The van der Waals surface area contributed by atoms with Crippen LogP contribution in [0.4, 0.5) is 0 Å². The van der Waals surface area contributed by atoms with Crippen molar-refractivity contribution in [2.45, 2.75) is 38.8 Å². The molecule has 3 unspecified atom stereocenters. The summed E-state index contributed by atoms with van der Waals surface area (Å²) in [6.45, 7) is 5.78. The number of nitrogens with two attached hydrogens (primary N) is 1. The fourth-order valence-corrected chi connectivity index (χ4v) is 4.14. The van der Waals surface area contributed by atoms with Gasteiger partial charge in [-0.15, -0.1) is 0 Å². The van der Waals surface area contributed by atoms with Crippen molar-refractivity contribution in [2.24, 2.45) is 28.9 Å². The first-order valence-corrected chi connectivity index (χ1v) is 7.93. The molecule has 1 saturated carbocycles. The number of amides is 3. The molecule has 2 saturated heterocycles. The van der Waals surface area contributed by atoms with Crippen LogP contribution >= 0.6 is 0 Å². The molecule has 0 aromatic heterocycles. The van der Waals surface area contributed by atoms with Crippen molar-refractivity contribution in [3.63, 3.8) is 0 Å². The minimum Gasteiger partial charge on any atom is -0.368 e. The highest BCUT2D eigenvalue weighted by molar-refractivity contribution is 5.90. The third-order valence-corrected chi connectivity index (χ3v) is 5.68. The first-order chi connectivity index (χ1) is 10.3. The highest BCUT2D eigenvalue weighted by Crippen LogP contribution is 2.62. The van der Waals surface area contributed by atoms with Crippen molar-refractivity contribution in [1.82, 2.24) is 16.0 Å². The Hall–Kier alpha value is -1.63. The van der Waals surface area contributed by atoms with Gasteiger partial charge in [-0.25, -0.2) is 0 Å². The van der Waals surface area contributed by atoms with Crippen molar-refractivity contribution in [3.8, 4) is 0 Å². The lowest BCUT2D eigenvalue weighted by Crippen LogP contribution is -2.52. The van der Waals surface area contributed by atoms with Gasteiger partial charge in [0, 0.05) is 12.5 Å². The van der Waals surface area contributed by atoms with E-state index in [9.17, 15) is 14.4 Å². The van der Waals surface area contributed by atoms with Crippen molar-refractivity contribution in [3.05, 3.63) is 0 Å². The molecule has 2 heterocycles. The fraction of sp³-hybridized carbons (Fsp3) is 0.800. The number of carbonyl (C=O) groups excluding carboxylic acids is 3. The number of rotatable bonds is 5. The molecular weight excluding hydrogens is 284 g/mol.